The minimum atomic E-state index is 0.166. The molecule has 0 amide bonds. The molecule has 0 aromatic carbocycles. The number of rotatable bonds is 3. The van der Waals surface area contributed by atoms with Crippen molar-refractivity contribution in [3.05, 3.63) is 60.2 Å². The summed E-state index contributed by atoms with van der Waals surface area (Å²) in [5.74, 6) is 0. The van der Waals surface area contributed by atoms with E-state index in [9.17, 15) is 0 Å². The fourth-order valence-corrected chi connectivity index (χ4v) is 2.48. The molecule has 3 heterocycles. The zero-order valence-electron chi connectivity index (χ0n) is 10.8. The van der Waals surface area contributed by atoms with Crippen LogP contribution in [0, 0.1) is 0 Å². The molecule has 2 aromatic rings. The van der Waals surface area contributed by atoms with E-state index in [2.05, 4.69) is 27.0 Å². The second-order valence-corrected chi connectivity index (χ2v) is 4.59. The van der Waals surface area contributed by atoms with Crippen LogP contribution in [-0.4, -0.2) is 41.2 Å². The van der Waals surface area contributed by atoms with E-state index in [0.29, 0.717) is 0 Å². The van der Waals surface area contributed by atoms with E-state index in [-0.39, 0.29) is 6.04 Å². The Bertz CT molecular complexity index is 458. The normalized spacial score (nSPS) is 18.1. The highest BCUT2D eigenvalue weighted by atomic mass is 16.5. The molecule has 1 fully saturated rings. The Labute approximate surface area is 113 Å². The molecule has 0 bridgehead atoms. The Kier molecular flexibility index (Phi) is 3.81. The maximum Gasteiger partial charge on any atom is 0.0792 e. The van der Waals surface area contributed by atoms with Gasteiger partial charge < -0.3 is 4.74 Å². The predicted molar refractivity (Wildman–Crippen MR) is 72.7 cm³/mol. The van der Waals surface area contributed by atoms with Crippen LogP contribution >= 0.6 is 0 Å². The van der Waals surface area contributed by atoms with E-state index in [1.54, 1.807) is 6.20 Å². The van der Waals surface area contributed by atoms with Crippen molar-refractivity contribution < 1.29 is 4.74 Å². The molecule has 19 heavy (non-hydrogen) atoms. The Balaban J connectivity index is 1.96. The molecule has 1 unspecified atom stereocenters. The molecular formula is C15H17N3O. The summed E-state index contributed by atoms with van der Waals surface area (Å²) in [6, 6.07) is 10.3. The van der Waals surface area contributed by atoms with Crippen LogP contribution in [-0.2, 0) is 4.74 Å². The molecule has 0 aliphatic carbocycles. The highest BCUT2D eigenvalue weighted by molar-refractivity contribution is 5.25. The van der Waals surface area contributed by atoms with Crippen molar-refractivity contribution in [1.29, 1.82) is 0 Å². The number of hydrogen-bond donors (Lipinski definition) is 0. The first-order chi connectivity index (χ1) is 9.45. The minimum Gasteiger partial charge on any atom is -0.379 e. The Morgan fingerprint density at radius 2 is 1.95 bits per heavy atom. The highest BCUT2D eigenvalue weighted by Gasteiger charge is 2.25. The third-order valence-electron chi connectivity index (χ3n) is 3.38. The van der Waals surface area contributed by atoms with Crippen molar-refractivity contribution in [2.75, 3.05) is 26.3 Å². The molecule has 3 rings (SSSR count). The monoisotopic (exact) mass is 255 g/mol. The van der Waals surface area contributed by atoms with E-state index >= 15 is 0 Å². The third-order valence-corrected chi connectivity index (χ3v) is 3.38. The smallest absolute Gasteiger partial charge is 0.0792 e. The molecule has 4 nitrogen and oxygen atoms in total. The summed E-state index contributed by atoms with van der Waals surface area (Å²) in [6.45, 7) is 3.42. The topological polar surface area (TPSA) is 38.2 Å². The molecule has 0 spiro atoms. The Hall–Kier alpha value is -1.78. The van der Waals surface area contributed by atoms with Crippen LogP contribution in [0.1, 0.15) is 17.3 Å². The molecule has 0 radical (unpaired) electrons. The Morgan fingerprint density at radius 3 is 2.63 bits per heavy atom. The first-order valence-electron chi connectivity index (χ1n) is 6.58. The Morgan fingerprint density at radius 1 is 1.05 bits per heavy atom. The van der Waals surface area contributed by atoms with Gasteiger partial charge in [0.1, 0.15) is 0 Å². The van der Waals surface area contributed by atoms with Gasteiger partial charge in [0.25, 0.3) is 0 Å². The second-order valence-electron chi connectivity index (χ2n) is 4.59. The summed E-state index contributed by atoms with van der Waals surface area (Å²) in [4.78, 5) is 11.2. The molecule has 1 aliphatic heterocycles. The van der Waals surface area contributed by atoms with Gasteiger partial charge in [-0.3, -0.25) is 14.9 Å². The molecule has 1 aliphatic rings. The van der Waals surface area contributed by atoms with Crippen molar-refractivity contribution in [2.45, 2.75) is 6.04 Å². The largest absolute Gasteiger partial charge is 0.379 e. The van der Waals surface area contributed by atoms with Crippen LogP contribution in [0.15, 0.2) is 48.9 Å². The van der Waals surface area contributed by atoms with Gasteiger partial charge in [0.05, 0.1) is 24.9 Å². The number of pyridine rings is 2. The number of morpholine rings is 1. The zero-order valence-corrected chi connectivity index (χ0v) is 10.8. The van der Waals surface area contributed by atoms with Gasteiger partial charge in [0.2, 0.25) is 0 Å². The third kappa shape index (κ3) is 2.80. The molecular weight excluding hydrogens is 238 g/mol. The molecule has 0 N–H and O–H groups in total. The van der Waals surface area contributed by atoms with Crippen LogP contribution in [0.4, 0.5) is 0 Å². The van der Waals surface area contributed by atoms with Crippen molar-refractivity contribution >= 4 is 0 Å². The van der Waals surface area contributed by atoms with Crippen LogP contribution in [0.2, 0.25) is 0 Å². The van der Waals surface area contributed by atoms with Crippen LogP contribution in [0.25, 0.3) is 0 Å². The summed E-state index contributed by atoms with van der Waals surface area (Å²) in [5, 5.41) is 0. The fourth-order valence-electron chi connectivity index (χ4n) is 2.48. The van der Waals surface area contributed by atoms with Gasteiger partial charge in [-0.1, -0.05) is 12.1 Å². The van der Waals surface area contributed by atoms with Gasteiger partial charge in [-0.05, 0) is 23.8 Å². The summed E-state index contributed by atoms with van der Waals surface area (Å²) < 4.78 is 5.44. The lowest BCUT2D eigenvalue weighted by molar-refractivity contribution is 0.0232. The van der Waals surface area contributed by atoms with Gasteiger partial charge in [-0.25, -0.2) is 0 Å². The lowest BCUT2D eigenvalue weighted by atomic mass is 10.0. The van der Waals surface area contributed by atoms with E-state index < -0.39 is 0 Å². The number of nitrogens with zero attached hydrogens (tertiary/aromatic N) is 3. The maximum absolute atomic E-state index is 5.44. The molecule has 1 atom stereocenters. The average Bonchev–Trinajstić information content (AvgIpc) is 2.51. The summed E-state index contributed by atoms with van der Waals surface area (Å²) >= 11 is 0. The molecule has 0 saturated carbocycles. The van der Waals surface area contributed by atoms with Gasteiger partial charge in [0, 0.05) is 31.7 Å². The highest BCUT2D eigenvalue weighted by Crippen LogP contribution is 2.27. The first kappa shape index (κ1) is 12.3. The van der Waals surface area contributed by atoms with Gasteiger partial charge >= 0.3 is 0 Å². The van der Waals surface area contributed by atoms with Crippen molar-refractivity contribution in [3.63, 3.8) is 0 Å². The predicted octanol–water partition coefficient (Wildman–Crippen LogP) is 1.90. The second kappa shape index (κ2) is 5.91. The number of aromatic nitrogens is 2. The average molecular weight is 255 g/mol. The van der Waals surface area contributed by atoms with Crippen LogP contribution in [0.5, 0.6) is 0 Å². The van der Waals surface area contributed by atoms with Crippen molar-refractivity contribution in [1.82, 2.24) is 14.9 Å². The zero-order chi connectivity index (χ0) is 12.9. The number of ether oxygens (including phenoxy) is 1. The lowest BCUT2D eigenvalue weighted by Gasteiger charge is -2.34. The summed E-state index contributed by atoms with van der Waals surface area (Å²) in [7, 11) is 0. The van der Waals surface area contributed by atoms with Crippen molar-refractivity contribution in [2.24, 2.45) is 0 Å². The maximum atomic E-state index is 5.44. The van der Waals surface area contributed by atoms with Gasteiger partial charge in [-0.15, -0.1) is 0 Å². The molecule has 2 aromatic heterocycles. The van der Waals surface area contributed by atoms with E-state index in [0.717, 1.165) is 32.0 Å². The molecule has 1 saturated heterocycles. The first-order valence-corrected chi connectivity index (χ1v) is 6.58. The van der Waals surface area contributed by atoms with Gasteiger partial charge in [0.15, 0.2) is 0 Å². The lowest BCUT2D eigenvalue weighted by Crippen LogP contribution is -2.39. The van der Waals surface area contributed by atoms with Crippen LogP contribution in [0.3, 0.4) is 0 Å². The SMILES string of the molecule is c1ccc(C(c2cccnc2)N2CCOCC2)nc1. The standard InChI is InChI=1S/C15H17N3O/c1-2-7-17-14(5-1)15(13-4-3-6-16-12-13)18-8-10-19-11-9-18/h1-7,12,15H,8-11H2. The van der Waals surface area contributed by atoms with E-state index in [1.165, 1.54) is 5.56 Å². The summed E-state index contributed by atoms with van der Waals surface area (Å²) in [5.41, 5.74) is 2.25. The quantitative estimate of drug-likeness (QED) is 0.839. The van der Waals surface area contributed by atoms with Gasteiger partial charge in [-0.2, -0.15) is 0 Å². The van der Waals surface area contributed by atoms with Crippen LogP contribution < -0.4 is 0 Å². The van der Waals surface area contributed by atoms with E-state index in [1.807, 2.05) is 30.6 Å². The minimum absolute atomic E-state index is 0.166. The number of hydrogen-bond acceptors (Lipinski definition) is 4. The van der Waals surface area contributed by atoms with Crippen molar-refractivity contribution in [3.8, 4) is 0 Å². The summed E-state index contributed by atoms with van der Waals surface area (Å²) in [6.07, 6.45) is 5.58. The molecule has 98 valence electrons. The fraction of sp³-hybridized carbons (Fsp3) is 0.333. The molecule has 4 heteroatoms. The van der Waals surface area contributed by atoms with E-state index in [4.69, 9.17) is 4.74 Å².